The Morgan fingerprint density at radius 3 is 1.91 bits per heavy atom. The number of benzene rings is 2. The Kier molecular flexibility index (Phi) is 2.94. The van der Waals surface area contributed by atoms with Crippen molar-refractivity contribution < 1.29 is 14.4 Å². The van der Waals surface area contributed by atoms with Crippen molar-refractivity contribution in [3.05, 3.63) is 59.7 Å². The van der Waals surface area contributed by atoms with Crippen molar-refractivity contribution in [3.8, 4) is 5.75 Å². The van der Waals surface area contributed by atoms with Gasteiger partial charge in [-0.2, -0.15) is 0 Å². The molecule has 2 aromatic rings. The Morgan fingerprint density at radius 2 is 1.41 bits per heavy atom. The molecule has 2 aliphatic rings. The van der Waals surface area contributed by atoms with Crippen molar-refractivity contribution in [2.75, 3.05) is 18.0 Å². The van der Waals surface area contributed by atoms with Crippen LogP contribution in [0.2, 0.25) is 0 Å². The molecule has 0 aromatic heterocycles. The fourth-order valence-electron chi connectivity index (χ4n) is 2.61. The molecule has 2 aromatic carbocycles. The molecule has 5 nitrogen and oxygen atoms in total. The lowest BCUT2D eigenvalue weighted by Crippen LogP contribution is -2.39. The van der Waals surface area contributed by atoms with Crippen LogP contribution in [0, 0.1) is 0 Å². The highest BCUT2D eigenvalue weighted by atomic mass is 16.7. The van der Waals surface area contributed by atoms with Crippen molar-refractivity contribution in [3.63, 3.8) is 0 Å². The van der Waals surface area contributed by atoms with Gasteiger partial charge in [0.1, 0.15) is 5.75 Å². The average Bonchev–Trinajstić information content (AvgIpc) is 2.76. The minimum atomic E-state index is -0.281. The molecule has 0 saturated carbocycles. The second kappa shape index (κ2) is 4.96. The molecule has 1 fully saturated rings. The number of rotatable bonds is 3. The summed E-state index contributed by atoms with van der Waals surface area (Å²) in [4.78, 5) is 31.6. The number of hydroxylamine groups is 2. The van der Waals surface area contributed by atoms with E-state index in [0.29, 0.717) is 22.6 Å². The summed E-state index contributed by atoms with van der Waals surface area (Å²) in [5.74, 6) is 0.147. The van der Waals surface area contributed by atoms with Gasteiger partial charge in [0.25, 0.3) is 11.8 Å². The maximum atomic E-state index is 12.4. The third kappa shape index (κ3) is 1.98. The van der Waals surface area contributed by atoms with Gasteiger partial charge in [-0.15, -0.1) is 5.06 Å². The van der Waals surface area contributed by atoms with Crippen molar-refractivity contribution in [2.24, 2.45) is 0 Å². The average molecular weight is 294 g/mol. The molecule has 0 radical (unpaired) electrons. The molecular weight excluding hydrogens is 280 g/mol. The number of fused-ring (bicyclic) bond motifs is 1. The van der Waals surface area contributed by atoms with Gasteiger partial charge in [0.05, 0.1) is 16.8 Å². The maximum Gasteiger partial charge on any atom is 0.266 e. The summed E-state index contributed by atoms with van der Waals surface area (Å²) in [5, 5.41) is 1.87. The maximum absolute atomic E-state index is 12.4. The Bertz CT molecular complexity index is 716. The summed E-state index contributed by atoms with van der Waals surface area (Å²) in [6.45, 7) is 1.86. The number of carbonyl (C=O) groups is 2. The van der Waals surface area contributed by atoms with E-state index in [9.17, 15) is 9.59 Å². The molecule has 2 amide bonds. The monoisotopic (exact) mass is 294 g/mol. The topological polar surface area (TPSA) is 49.9 Å². The summed E-state index contributed by atoms with van der Waals surface area (Å²) >= 11 is 0. The van der Waals surface area contributed by atoms with Crippen LogP contribution in [0.1, 0.15) is 27.1 Å². The predicted molar refractivity (Wildman–Crippen MR) is 80.8 cm³/mol. The van der Waals surface area contributed by atoms with Gasteiger partial charge >= 0.3 is 0 Å². The lowest BCUT2D eigenvalue weighted by Gasteiger charge is -2.29. The van der Waals surface area contributed by atoms with Crippen LogP contribution in [0.5, 0.6) is 5.75 Å². The van der Waals surface area contributed by atoms with Gasteiger partial charge in [0.15, 0.2) is 0 Å². The zero-order chi connectivity index (χ0) is 15.1. The zero-order valence-corrected chi connectivity index (χ0v) is 11.9. The van der Waals surface area contributed by atoms with Crippen molar-refractivity contribution in [1.29, 1.82) is 0 Å². The first-order chi connectivity index (χ1) is 10.7. The molecule has 0 spiro atoms. The molecule has 4 rings (SSSR count). The summed E-state index contributed by atoms with van der Waals surface area (Å²) in [6, 6.07) is 13.9. The zero-order valence-electron chi connectivity index (χ0n) is 11.9. The van der Waals surface area contributed by atoms with Gasteiger partial charge in [-0.3, -0.25) is 9.59 Å². The molecular formula is C17H14N2O3. The molecule has 0 atom stereocenters. The number of amides is 2. The van der Waals surface area contributed by atoms with Gasteiger partial charge in [0, 0.05) is 13.1 Å². The lowest BCUT2D eigenvalue weighted by atomic mass is 10.1. The van der Waals surface area contributed by atoms with Gasteiger partial charge in [0.2, 0.25) is 0 Å². The summed E-state index contributed by atoms with van der Waals surface area (Å²) < 4.78 is 0. The van der Waals surface area contributed by atoms with E-state index in [1.165, 1.54) is 4.90 Å². The number of carbonyl (C=O) groups excluding carboxylic acids is 2. The van der Waals surface area contributed by atoms with Crippen LogP contribution in [0.4, 0.5) is 5.69 Å². The van der Waals surface area contributed by atoms with E-state index in [1.54, 1.807) is 48.5 Å². The fraction of sp³-hybridized carbons (Fsp3) is 0.176. The fourth-order valence-corrected chi connectivity index (χ4v) is 2.61. The van der Waals surface area contributed by atoms with E-state index in [1.807, 2.05) is 5.06 Å². The predicted octanol–water partition coefficient (Wildman–Crippen LogP) is 2.49. The first kappa shape index (κ1) is 13.0. The van der Waals surface area contributed by atoms with Crippen LogP contribution < -0.4 is 9.74 Å². The van der Waals surface area contributed by atoms with Gasteiger partial charge in [-0.25, -0.2) is 4.90 Å². The standard InChI is InChI=1S/C17H14N2O3/c20-16-14-4-1-2-5-15(14)17(21)19(16)12-6-8-13(9-7-12)22-18-10-3-11-18/h1-2,4-9H,3,10-11H2. The Labute approximate surface area is 127 Å². The highest BCUT2D eigenvalue weighted by Crippen LogP contribution is 2.29. The Balaban J connectivity index is 1.60. The second-order valence-corrected chi connectivity index (χ2v) is 5.36. The van der Waals surface area contributed by atoms with Crippen LogP contribution in [-0.4, -0.2) is 30.0 Å². The first-order valence-corrected chi connectivity index (χ1v) is 7.25. The van der Waals surface area contributed by atoms with Gasteiger partial charge < -0.3 is 4.84 Å². The molecule has 2 heterocycles. The second-order valence-electron chi connectivity index (χ2n) is 5.36. The number of hydrogen-bond donors (Lipinski definition) is 0. The molecule has 0 unspecified atom stereocenters. The molecule has 110 valence electrons. The van der Waals surface area contributed by atoms with Crippen molar-refractivity contribution >= 4 is 17.5 Å². The van der Waals surface area contributed by atoms with Crippen LogP contribution in [0.25, 0.3) is 0 Å². The third-order valence-electron chi connectivity index (χ3n) is 3.94. The van der Waals surface area contributed by atoms with E-state index < -0.39 is 0 Å². The number of imide groups is 1. The molecule has 0 N–H and O–H groups in total. The van der Waals surface area contributed by atoms with E-state index in [0.717, 1.165) is 19.5 Å². The van der Waals surface area contributed by atoms with Crippen molar-refractivity contribution in [1.82, 2.24) is 5.06 Å². The van der Waals surface area contributed by atoms with Gasteiger partial charge in [-0.05, 0) is 42.8 Å². The minimum Gasteiger partial charge on any atom is -0.406 e. The quantitative estimate of drug-likeness (QED) is 0.816. The smallest absolute Gasteiger partial charge is 0.266 e. The highest BCUT2D eigenvalue weighted by molar-refractivity contribution is 6.34. The molecule has 1 saturated heterocycles. The largest absolute Gasteiger partial charge is 0.406 e. The normalized spacial score (nSPS) is 17.4. The third-order valence-corrected chi connectivity index (χ3v) is 3.94. The molecule has 2 aliphatic heterocycles. The van der Waals surface area contributed by atoms with E-state index in [-0.39, 0.29) is 11.8 Å². The molecule has 22 heavy (non-hydrogen) atoms. The SMILES string of the molecule is O=C1c2ccccc2C(=O)N1c1ccc(ON2CCC2)cc1. The van der Waals surface area contributed by atoms with Crippen molar-refractivity contribution in [2.45, 2.75) is 6.42 Å². The summed E-state index contributed by atoms with van der Waals surface area (Å²) in [6.07, 6.45) is 1.15. The van der Waals surface area contributed by atoms with E-state index in [4.69, 9.17) is 4.84 Å². The number of anilines is 1. The van der Waals surface area contributed by atoms with Crippen LogP contribution in [-0.2, 0) is 0 Å². The van der Waals surface area contributed by atoms with Crippen LogP contribution in [0.15, 0.2) is 48.5 Å². The summed E-state index contributed by atoms with van der Waals surface area (Å²) in [5.41, 5.74) is 1.46. The highest BCUT2D eigenvalue weighted by Gasteiger charge is 2.36. The van der Waals surface area contributed by atoms with Crippen LogP contribution >= 0.6 is 0 Å². The van der Waals surface area contributed by atoms with E-state index >= 15 is 0 Å². The Hall–Kier alpha value is -2.66. The number of hydrogen-bond acceptors (Lipinski definition) is 4. The Morgan fingerprint density at radius 1 is 0.818 bits per heavy atom. The lowest BCUT2D eigenvalue weighted by molar-refractivity contribution is -0.107. The molecule has 0 bridgehead atoms. The van der Waals surface area contributed by atoms with Gasteiger partial charge in [-0.1, -0.05) is 12.1 Å². The number of nitrogens with zero attached hydrogens (tertiary/aromatic N) is 2. The summed E-state index contributed by atoms with van der Waals surface area (Å²) in [7, 11) is 0. The minimum absolute atomic E-state index is 0.281. The molecule has 0 aliphatic carbocycles. The first-order valence-electron chi connectivity index (χ1n) is 7.25. The van der Waals surface area contributed by atoms with Crippen LogP contribution in [0.3, 0.4) is 0 Å². The molecule has 5 heteroatoms. The van der Waals surface area contributed by atoms with E-state index in [2.05, 4.69) is 0 Å².